The Labute approximate surface area is 152 Å². The van der Waals surface area contributed by atoms with E-state index in [0.717, 1.165) is 24.0 Å². The third-order valence-electron chi connectivity index (χ3n) is 4.44. The van der Waals surface area contributed by atoms with Crippen molar-refractivity contribution in [3.05, 3.63) is 64.4 Å². The van der Waals surface area contributed by atoms with Gasteiger partial charge in [-0.3, -0.25) is 9.59 Å². The van der Waals surface area contributed by atoms with Crippen LogP contribution in [0.4, 0.5) is 0 Å². The molecule has 0 radical (unpaired) electrons. The van der Waals surface area contributed by atoms with Gasteiger partial charge in [-0.25, -0.2) is 0 Å². The molecule has 2 amide bonds. The molecule has 3 rings (SSSR count). The van der Waals surface area contributed by atoms with Crippen molar-refractivity contribution in [1.82, 2.24) is 10.2 Å². The standard InChI is InChI=1S/C20H22N2O2S/c23-19(7-6-16-4-2-1-3-5-16)22-11-8-18(9-12-22)20(24)21-14-17-10-13-25-15-17/h1-7,10,13,15,18H,8-9,11-12,14H2,(H,21,24)/b7-6+. The number of nitrogens with zero attached hydrogens (tertiary/aromatic N) is 1. The molecule has 1 aromatic heterocycles. The third kappa shape index (κ3) is 5.03. The molecule has 4 nitrogen and oxygen atoms in total. The molecule has 0 unspecified atom stereocenters. The summed E-state index contributed by atoms with van der Waals surface area (Å²) in [4.78, 5) is 26.3. The van der Waals surface area contributed by atoms with Crippen molar-refractivity contribution in [1.29, 1.82) is 0 Å². The molecule has 0 saturated carbocycles. The molecule has 0 bridgehead atoms. The number of amides is 2. The molecule has 2 heterocycles. The van der Waals surface area contributed by atoms with E-state index in [1.807, 2.05) is 58.1 Å². The first-order valence-electron chi connectivity index (χ1n) is 8.53. The fourth-order valence-corrected chi connectivity index (χ4v) is 3.59. The zero-order valence-corrected chi connectivity index (χ0v) is 14.9. The van der Waals surface area contributed by atoms with E-state index in [1.165, 1.54) is 0 Å². The number of thiophene rings is 1. The number of hydrogen-bond donors (Lipinski definition) is 1. The minimum Gasteiger partial charge on any atom is -0.352 e. The van der Waals surface area contributed by atoms with E-state index in [2.05, 4.69) is 5.32 Å². The Morgan fingerprint density at radius 2 is 1.92 bits per heavy atom. The summed E-state index contributed by atoms with van der Waals surface area (Å²) in [5.41, 5.74) is 2.15. The number of piperidine rings is 1. The first kappa shape index (κ1) is 17.4. The molecular formula is C20H22N2O2S. The summed E-state index contributed by atoms with van der Waals surface area (Å²) in [7, 11) is 0. The highest BCUT2D eigenvalue weighted by atomic mass is 32.1. The lowest BCUT2D eigenvalue weighted by Gasteiger charge is -2.30. The van der Waals surface area contributed by atoms with Crippen LogP contribution in [0, 0.1) is 5.92 Å². The fraction of sp³-hybridized carbons (Fsp3) is 0.300. The lowest BCUT2D eigenvalue weighted by Crippen LogP contribution is -2.42. The Balaban J connectivity index is 1.44. The van der Waals surface area contributed by atoms with Gasteiger partial charge in [0.25, 0.3) is 0 Å². The molecule has 0 spiro atoms. The van der Waals surface area contributed by atoms with Crippen molar-refractivity contribution in [2.45, 2.75) is 19.4 Å². The average molecular weight is 354 g/mol. The summed E-state index contributed by atoms with van der Waals surface area (Å²) in [6.45, 7) is 1.85. The number of carbonyl (C=O) groups is 2. The van der Waals surface area contributed by atoms with Crippen LogP contribution in [0.1, 0.15) is 24.0 Å². The average Bonchev–Trinajstić information content (AvgIpc) is 3.19. The quantitative estimate of drug-likeness (QED) is 0.838. The van der Waals surface area contributed by atoms with E-state index in [1.54, 1.807) is 17.4 Å². The highest BCUT2D eigenvalue weighted by Gasteiger charge is 2.26. The Kier molecular flexibility index (Phi) is 6.01. The van der Waals surface area contributed by atoms with Gasteiger partial charge in [-0.05, 0) is 46.9 Å². The maximum absolute atomic E-state index is 12.3. The van der Waals surface area contributed by atoms with Crippen molar-refractivity contribution in [2.75, 3.05) is 13.1 Å². The van der Waals surface area contributed by atoms with Gasteiger partial charge >= 0.3 is 0 Å². The van der Waals surface area contributed by atoms with Crippen LogP contribution in [0.2, 0.25) is 0 Å². The van der Waals surface area contributed by atoms with Crippen LogP contribution in [0.25, 0.3) is 6.08 Å². The van der Waals surface area contributed by atoms with Crippen LogP contribution >= 0.6 is 11.3 Å². The molecule has 130 valence electrons. The van der Waals surface area contributed by atoms with Gasteiger partial charge in [0.15, 0.2) is 0 Å². The van der Waals surface area contributed by atoms with Crippen LogP contribution in [-0.2, 0) is 16.1 Å². The minimum absolute atomic E-state index is 0.000730. The van der Waals surface area contributed by atoms with Gasteiger partial charge in [-0.2, -0.15) is 11.3 Å². The molecule has 1 fully saturated rings. The maximum Gasteiger partial charge on any atom is 0.246 e. The van der Waals surface area contributed by atoms with Gasteiger partial charge in [0.05, 0.1) is 0 Å². The molecule has 1 aliphatic rings. The Morgan fingerprint density at radius 3 is 2.60 bits per heavy atom. The predicted molar refractivity (Wildman–Crippen MR) is 101 cm³/mol. The Hall–Kier alpha value is -2.40. The topological polar surface area (TPSA) is 49.4 Å². The van der Waals surface area contributed by atoms with E-state index in [9.17, 15) is 9.59 Å². The second kappa shape index (κ2) is 8.62. The second-order valence-corrected chi connectivity index (χ2v) is 6.97. The van der Waals surface area contributed by atoms with E-state index in [4.69, 9.17) is 0 Å². The molecule has 2 aromatic rings. The summed E-state index contributed by atoms with van der Waals surface area (Å²) in [6.07, 6.45) is 4.90. The zero-order valence-electron chi connectivity index (χ0n) is 14.1. The van der Waals surface area contributed by atoms with E-state index in [-0.39, 0.29) is 17.7 Å². The smallest absolute Gasteiger partial charge is 0.246 e. The van der Waals surface area contributed by atoms with E-state index >= 15 is 0 Å². The van der Waals surface area contributed by atoms with Gasteiger partial charge < -0.3 is 10.2 Å². The maximum atomic E-state index is 12.3. The fourth-order valence-electron chi connectivity index (χ4n) is 2.93. The number of carbonyl (C=O) groups excluding carboxylic acids is 2. The molecule has 1 N–H and O–H groups in total. The van der Waals surface area contributed by atoms with Crippen molar-refractivity contribution in [3.8, 4) is 0 Å². The third-order valence-corrected chi connectivity index (χ3v) is 5.17. The Morgan fingerprint density at radius 1 is 1.16 bits per heavy atom. The molecule has 0 aliphatic carbocycles. The lowest BCUT2D eigenvalue weighted by molar-refractivity contribution is -0.132. The van der Waals surface area contributed by atoms with Crippen LogP contribution in [0.15, 0.2) is 53.2 Å². The second-order valence-electron chi connectivity index (χ2n) is 6.19. The number of benzene rings is 1. The first-order valence-corrected chi connectivity index (χ1v) is 9.47. The summed E-state index contributed by atoms with van der Waals surface area (Å²) in [5.74, 6) is 0.111. The zero-order chi connectivity index (χ0) is 17.5. The summed E-state index contributed by atoms with van der Waals surface area (Å²) < 4.78 is 0. The van der Waals surface area contributed by atoms with Gasteiger partial charge in [0, 0.05) is 31.6 Å². The van der Waals surface area contributed by atoms with Gasteiger partial charge in [-0.15, -0.1) is 0 Å². The largest absolute Gasteiger partial charge is 0.352 e. The molecule has 25 heavy (non-hydrogen) atoms. The molecule has 0 atom stereocenters. The SMILES string of the molecule is O=C(NCc1ccsc1)C1CCN(C(=O)/C=C/c2ccccc2)CC1. The number of hydrogen-bond acceptors (Lipinski definition) is 3. The lowest BCUT2D eigenvalue weighted by atomic mass is 9.95. The van der Waals surface area contributed by atoms with Crippen molar-refractivity contribution in [2.24, 2.45) is 5.92 Å². The predicted octanol–water partition coefficient (Wildman–Crippen LogP) is 3.32. The van der Waals surface area contributed by atoms with Crippen molar-refractivity contribution >= 4 is 29.2 Å². The summed E-state index contributed by atoms with van der Waals surface area (Å²) in [5, 5.41) is 7.05. The molecule has 1 aromatic carbocycles. The first-order chi connectivity index (χ1) is 12.2. The highest BCUT2D eigenvalue weighted by Crippen LogP contribution is 2.18. The number of likely N-dealkylation sites (tertiary alicyclic amines) is 1. The molecule has 1 saturated heterocycles. The normalized spacial score (nSPS) is 15.4. The Bertz CT molecular complexity index is 717. The minimum atomic E-state index is 0.000730. The van der Waals surface area contributed by atoms with Gasteiger partial charge in [-0.1, -0.05) is 30.3 Å². The van der Waals surface area contributed by atoms with Crippen LogP contribution in [0.5, 0.6) is 0 Å². The molecule has 5 heteroatoms. The van der Waals surface area contributed by atoms with Crippen LogP contribution < -0.4 is 5.32 Å². The number of rotatable bonds is 5. The summed E-state index contributed by atoms with van der Waals surface area (Å²) in [6, 6.07) is 11.8. The summed E-state index contributed by atoms with van der Waals surface area (Å²) >= 11 is 1.63. The monoisotopic (exact) mass is 354 g/mol. The highest BCUT2D eigenvalue weighted by molar-refractivity contribution is 7.07. The molecule has 1 aliphatic heterocycles. The van der Waals surface area contributed by atoms with Crippen molar-refractivity contribution in [3.63, 3.8) is 0 Å². The van der Waals surface area contributed by atoms with Crippen molar-refractivity contribution < 1.29 is 9.59 Å². The van der Waals surface area contributed by atoms with E-state index in [0.29, 0.717) is 19.6 Å². The molecular weight excluding hydrogens is 332 g/mol. The van der Waals surface area contributed by atoms with Gasteiger partial charge in [0.2, 0.25) is 11.8 Å². The van der Waals surface area contributed by atoms with Crippen LogP contribution in [-0.4, -0.2) is 29.8 Å². The number of nitrogens with one attached hydrogen (secondary N) is 1. The van der Waals surface area contributed by atoms with Crippen LogP contribution in [0.3, 0.4) is 0 Å². The van der Waals surface area contributed by atoms with E-state index < -0.39 is 0 Å². The van der Waals surface area contributed by atoms with Gasteiger partial charge in [0.1, 0.15) is 0 Å².